The van der Waals surface area contributed by atoms with E-state index in [-0.39, 0.29) is 11.9 Å². The minimum absolute atomic E-state index is 0.0930. The number of pyridine rings is 1. The van der Waals surface area contributed by atoms with Crippen LogP contribution in [0.15, 0.2) is 18.5 Å². The Balaban J connectivity index is 1.88. The van der Waals surface area contributed by atoms with Crippen LogP contribution < -0.4 is 10.1 Å². The molecule has 1 fully saturated rings. The number of piperidine rings is 1. The van der Waals surface area contributed by atoms with Gasteiger partial charge < -0.3 is 10.1 Å². The molecular weight excluding hydrogens is 252 g/mol. The van der Waals surface area contributed by atoms with Gasteiger partial charge >= 0.3 is 0 Å². The van der Waals surface area contributed by atoms with Crippen LogP contribution in [0.1, 0.15) is 49.9 Å². The number of carbonyl (C=O) groups is 1. The quantitative estimate of drug-likeness (QED) is 0.812. The highest BCUT2D eigenvalue weighted by Gasteiger charge is 2.15. The number of nitrogens with zero attached hydrogens (tertiary/aromatic N) is 1. The molecule has 0 aromatic carbocycles. The molecule has 20 heavy (non-hydrogen) atoms. The predicted octanol–water partition coefficient (Wildman–Crippen LogP) is 2.83. The van der Waals surface area contributed by atoms with E-state index in [4.69, 9.17) is 4.74 Å². The maximum atomic E-state index is 12.2. The van der Waals surface area contributed by atoms with E-state index in [1.165, 1.54) is 12.8 Å². The van der Waals surface area contributed by atoms with Gasteiger partial charge in [-0.3, -0.25) is 9.78 Å². The Hall–Kier alpha value is -1.42. The molecule has 1 atom stereocenters. The van der Waals surface area contributed by atoms with Gasteiger partial charge in [0.25, 0.3) is 0 Å². The molecule has 4 nitrogen and oxygen atoms in total. The number of rotatable bonds is 6. The summed E-state index contributed by atoms with van der Waals surface area (Å²) in [6, 6.07) is 1.80. The summed E-state index contributed by atoms with van der Waals surface area (Å²) in [7, 11) is 0. The zero-order chi connectivity index (χ0) is 14.4. The number of carbonyl (C=O) groups excluding carboxylic acids is 1. The predicted molar refractivity (Wildman–Crippen MR) is 79.2 cm³/mol. The van der Waals surface area contributed by atoms with E-state index in [9.17, 15) is 4.79 Å². The molecule has 1 unspecified atom stereocenters. The van der Waals surface area contributed by atoms with E-state index in [0.29, 0.717) is 23.7 Å². The van der Waals surface area contributed by atoms with Crippen molar-refractivity contribution in [1.29, 1.82) is 0 Å². The van der Waals surface area contributed by atoms with E-state index in [0.717, 1.165) is 19.5 Å². The highest BCUT2D eigenvalue weighted by molar-refractivity contribution is 5.96. The molecule has 4 heteroatoms. The summed E-state index contributed by atoms with van der Waals surface area (Å²) in [5.74, 6) is 1.47. The van der Waals surface area contributed by atoms with Crippen molar-refractivity contribution >= 4 is 5.78 Å². The first kappa shape index (κ1) is 15.0. The molecule has 0 aliphatic carbocycles. The van der Waals surface area contributed by atoms with Crippen LogP contribution in [-0.4, -0.2) is 30.0 Å². The third kappa shape index (κ3) is 4.60. The van der Waals surface area contributed by atoms with Gasteiger partial charge in [-0.2, -0.15) is 0 Å². The van der Waals surface area contributed by atoms with Gasteiger partial charge in [-0.15, -0.1) is 0 Å². The van der Waals surface area contributed by atoms with Crippen molar-refractivity contribution in [3.8, 4) is 5.75 Å². The summed E-state index contributed by atoms with van der Waals surface area (Å²) in [4.78, 5) is 16.3. The zero-order valence-electron chi connectivity index (χ0n) is 12.4. The van der Waals surface area contributed by atoms with Crippen LogP contribution in [0.5, 0.6) is 5.75 Å². The normalized spacial score (nSPS) is 19.1. The fraction of sp³-hybridized carbons (Fsp3) is 0.625. The maximum Gasteiger partial charge on any atom is 0.164 e. The van der Waals surface area contributed by atoms with Crippen LogP contribution in [0.3, 0.4) is 0 Å². The third-order valence-corrected chi connectivity index (χ3v) is 3.59. The summed E-state index contributed by atoms with van der Waals surface area (Å²) in [6.07, 6.45) is 7.39. The topological polar surface area (TPSA) is 51.2 Å². The Morgan fingerprint density at radius 2 is 2.35 bits per heavy atom. The van der Waals surface area contributed by atoms with E-state index >= 15 is 0 Å². The lowest BCUT2D eigenvalue weighted by Crippen LogP contribution is -2.30. The largest absolute Gasteiger partial charge is 0.489 e. The Labute approximate surface area is 120 Å². The molecule has 1 aromatic heterocycles. The van der Waals surface area contributed by atoms with Gasteiger partial charge in [0.1, 0.15) is 5.75 Å². The average molecular weight is 276 g/mol. The average Bonchev–Trinajstić information content (AvgIpc) is 2.45. The maximum absolute atomic E-state index is 12.2. The molecule has 0 amide bonds. The standard InChI is InChI=1S/C16H24N2O2/c1-12(2)20-15-8-14(10-18-11-15)16(19)6-5-13-4-3-7-17-9-13/h8,10-13,17H,3-7,9H2,1-2H3. The van der Waals surface area contributed by atoms with E-state index in [1.54, 1.807) is 18.5 Å². The van der Waals surface area contributed by atoms with Crippen LogP contribution in [0.4, 0.5) is 0 Å². The zero-order valence-corrected chi connectivity index (χ0v) is 12.4. The van der Waals surface area contributed by atoms with Gasteiger partial charge in [-0.05, 0) is 58.2 Å². The first-order valence-electron chi connectivity index (χ1n) is 7.51. The molecule has 0 radical (unpaired) electrons. The van der Waals surface area contributed by atoms with Crippen LogP contribution in [0.2, 0.25) is 0 Å². The SMILES string of the molecule is CC(C)Oc1cncc(C(=O)CCC2CCCNC2)c1. The fourth-order valence-electron chi connectivity index (χ4n) is 2.56. The smallest absolute Gasteiger partial charge is 0.164 e. The summed E-state index contributed by atoms with van der Waals surface area (Å²) < 4.78 is 5.57. The highest BCUT2D eigenvalue weighted by atomic mass is 16.5. The number of hydrogen-bond acceptors (Lipinski definition) is 4. The van der Waals surface area contributed by atoms with Gasteiger partial charge in [0.15, 0.2) is 5.78 Å². The van der Waals surface area contributed by atoms with Crippen molar-refractivity contribution in [3.05, 3.63) is 24.0 Å². The summed E-state index contributed by atoms with van der Waals surface area (Å²) in [6.45, 7) is 6.08. The molecule has 0 spiro atoms. The molecule has 1 aromatic rings. The van der Waals surface area contributed by atoms with Gasteiger partial charge in [0.2, 0.25) is 0 Å². The van der Waals surface area contributed by atoms with Crippen LogP contribution in [0.25, 0.3) is 0 Å². The molecule has 0 saturated carbocycles. The van der Waals surface area contributed by atoms with Crippen molar-refractivity contribution in [2.75, 3.05) is 13.1 Å². The minimum atomic E-state index is 0.0930. The summed E-state index contributed by atoms with van der Waals surface area (Å²) in [5, 5.41) is 3.39. The Bertz CT molecular complexity index is 440. The molecule has 1 aliphatic rings. The molecule has 2 heterocycles. The van der Waals surface area contributed by atoms with E-state index in [2.05, 4.69) is 10.3 Å². The van der Waals surface area contributed by atoms with Crippen LogP contribution in [-0.2, 0) is 0 Å². The monoisotopic (exact) mass is 276 g/mol. The third-order valence-electron chi connectivity index (χ3n) is 3.59. The van der Waals surface area contributed by atoms with Gasteiger partial charge in [-0.25, -0.2) is 0 Å². The number of aromatic nitrogens is 1. The fourth-order valence-corrected chi connectivity index (χ4v) is 2.56. The van der Waals surface area contributed by atoms with Crippen LogP contribution in [0, 0.1) is 5.92 Å². The van der Waals surface area contributed by atoms with Gasteiger partial charge in [0, 0.05) is 18.2 Å². The summed E-state index contributed by atoms with van der Waals surface area (Å²) in [5.41, 5.74) is 0.659. The number of ketones is 1. The number of nitrogens with one attached hydrogen (secondary N) is 1. The molecule has 2 rings (SSSR count). The number of hydrogen-bond donors (Lipinski definition) is 1. The Morgan fingerprint density at radius 3 is 3.05 bits per heavy atom. The van der Waals surface area contributed by atoms with Crippen molar-refractivity contribution in [2.45, 2.75) is 45.6 Å². The highest BCUT2D eigenvalue weighted by Crippen LogP contribution is 2.19. The van der Waals surface area contributed by atoms with E-state index < -0.39 is 0 Å². The minimum Gasteiger partial charge on any atom is -0.489 e. The second-order valence-electron chi connectivity index (χ2n) is 5.75. The molecule has 110 valence electrons. The molecule has 1 saturated heterocycles. The second-order valence-corrected chi connectivity index (χ2v) is 5.75. The van der Waals surface area contributed by atoms with Crippen molar-refractivity contribution in [2.24, 2.45) is 5.92 Å². The first-order valence-corrected chi connectivity index (χ1v) is 7.51. The molecule has 1 N–H and O–H groups in total. The van der Waals surface area contributed by atoms with Gasteiger partial charge in [-0.1, -0.05) is 0 Å². The number of Topliss-reactive ketones (excluding diaryl/α,β-unsaturated/α-hetero) is 1. The first-order chi connectivity index (χ1) is 9.65. The van der Waals surface area contributed by atoms with Crippen molar-refractivity contribution < 1.29 is 9.53 Å². The summed E-state index contributed by atoms with van der Waals surface area (Å²) >= 11 is 0. The van der Waals surface area contributed by atoms with Gasteiger partial charge in [0.05, 0.1) is 12.3 Å². The molecule has 0 bridgehead atoms. The Kier molecular flexibility index (Phi) is 5.53. The van der Waals surface area contributed by atoms with Crippen LogP contribution >= 0.6 is 0 Å². The molecular formula is C16H24N2O2. The van der Waals surface area contributed by atoms with E-state index in [1.807, 2.05) is 13.8 Å². The number of ether oxygens (including phenoxy) is 1. The van der Waals surface area contributed by atoms with Crippen molar-refractivity contribution in [3.63, 3.8) is 0 Å². The second kappa shape index (κ2) is 7.39. The lowest BCUT2D eigenvalue weighted by atomic mass is 9.93. The molecule has 1 aliphatic heterocycles. The lowest BCUT2D eigenvalue weighted by molar-refractivity contribution is 0.0970. The van der Waals surface area contributed by atoms with Crippen molar-refractivity contribution in [1.82, 2.24) is 10.3 Å². The lowest BCUT2D eigenvalue weighted by Gasteiger charge is -2.22. The Morgan fingerprint density at radius 1 is 1.50 bits per heavy atom.